The Bertz CT molecular complexity index is 573. The molecule has 1 unspecified atom stereocenters. The molecule has 1 aromatic carbocycles. The Morgan fingerprint density at radius 1 is 1.30 bits per heavy atom. The van der Waals surface area contributed by atoms with Gasteiger partial charge in [0.15, 0.2) is 0 Å². The maximum Gasteiger partial charge on any atom is 0.322 e. The van der Waals surface area contributed by atoms with Crippen LogP contribution in [0.3, 0.4) is 0 Å². The number of nitrogens with zero attached hydrogens (tertiary/aromatic N) is 2. The highest BCUT2D eigenvalue weighted by Gasteiger charge is 2.38. The van der Waals surface area contributed by atoms with Crippen LogP contribution in [0.4, 0.5) is 5.69 Å². The lowest BCUT2D eigenvalue weighted by atomic mass is 10.1. The number of carboxylic acids is 1. The van der Waals surface area contributed by atoms with Crippen LogP contribution in [0.25, 0.3) is 0 Å². The summed E-state index contributed by atoms with van der Waals surface area (Å²) in [6.45, 7) is 0.247. The van der Waals surface area contributed by atoms with Crippen LogP contribution in [0.5, 0.6) is 0 Å². The van der Waals surface area contributed by atoms with Gasteiger partial charge in [-0.1, -0.05) is 18.2 Å². The summed E-state index contributed by atoms with van der Waals surface area (Å²) in [6, 6.07) is 7.66. The van der Waals surface area contributed by atoms with Crippen molar-refractivity contribution in [2.75, 3.05) is 17.9 Å². The van der Waals surface area contributed by atoms with E-state index in [9.17, 15) is 18.3 Å². The first kappa shape index (κ1) is 14.8. The molecule has 1 aliphatic rings. The number of rotatable bonds is 4. The molecule has 110 valence electrons. The molecule has 7 heteroatoms. The van der Waals surface area contributed by atoms with Gasteiger partial charge in [0.1, 0.15) is 6.04 Å². The molecular weight excluding hydrogens is 280 g/mol. The van der Waals surface area contributed by atoms with E-state index in [0.29, 0.717) is 18.5 Å². The van der Waals surface area contributed by atoms with Gasteiger partial charge < -0.3 is 5.11 Å². The van der Waals surface area contributed by atoms with Crippen molar-refractivity contribution in [3.8, 4) is 0 Å². The summed E-state index contributed by atoms with van der Waals surface area (Å²) < 4.78 is 27.4. The van der Waals surface area contributed by atoms with E-state index in [1.54, 1.807) is 30.3 Å². The third kappa shape index (κ3) is 2.78. The molecule has 0 amide bonds. The summed E-state index contributed by atoms with van der Waals surface area (Å²) in [5.74, 6) is -1.09. The maximum absolute atomic E-state index is 12.6. The van der Waals surface area contributed by atoms with Crippen LogP contribution < -0.4 is 4.31 Å². The molecule has 0 radical (unpaired) electrons. The molecule has 1 heterocycles. The Labute approximate surface area is 118 Å². The molecule has 1 fully saturated rings. The monoisotopic (exact) mass is 298 g/mol. The van der Waals surface area contributed by atoms with Crippen LogP contribution in [0.2, 0.25) is 0 Å². The van der Waals surface area contributed by atoms with E-state index < -0.39 is 22.2 Å². The number of carbonyl (C=O) groups is 1. The van der Waals surface area contributed by atoms with Gasteiger partial charge in [0.05, 0.1) is 5.69 Å². The number of piperidine rings is 1. The molecule has 20 heavy (non-hydrogen) atoms. The Hall–Kier alpha value is -1.60. The number of hydrogen-bond acceptors (Lipinski definition) is 3. The lowest BCUT2D eigenvalue weighted by Crippen LogP contribution is -2.52. The number of anilines is 1. The van der Waals surface area contributed by atoms with Crippen molar-refractivity contribution < 1.29 is 18.3 Å². The number of benzene rings is 1. The third-order valence-corrected chi connectivity index (χ3v) is 5.43. The van der Waals surface area contributed by atoms with Gasteiger partial charge in [-0.2, -0.15) is 12.7 Å². The van der Waals surface area contributed by atoms with Crippen LogP contribution in [0, 0.1) is 0 Å². The molecule has 0 aromatic heterocycles. The fraction of sp³-hybridized carbons (Fsp3) is 0.462. The Balaban J connectivity index is 2.31. The van der Waals surface area contributed by atoms with Crippen molar-refractivity contribution in [2.45, 2.75) is 25.3 Å². The zero-order chi connectivity index (χ0) is 14.8. The largest absolute Gasteiger partial charge is 0.480 e. The van der Waals surface area contributed by atoms with E-state index in [1.807, 2.05) is 0 Å². The summed E-state index contributed by atoms with van der Waals surface area (Å²) >= 11 is 0. The summed E-state index contributed by atoms with van der Waals surface area (Å²) in [6.07, 6.45) is 1.78. The van der Waals surface area contributed by atoms with Crippen LogP contribution in [-0.2, 0) is 15.0 Å². The molecule has 6 nitrogen and oxygen atoms in total. The summed E-state index contributed by atoms with van der Waals surface area (Å²) in [5, 5.41) is 9.20. The highest BCUT2D eigenvalue weighted by Crippen LogP contribution is 2.25. The van der Waals surface area contributed by atoms with Crippen LogP contribution in [-0.4, -0.2) is 43.4 Å². The van der Waals surface area contributed by atoms with Gasteiger partial charge in [0, 0.05) is 13.6 Å². The normalized spacial score (nSPS) is 20.6. The highest BCUT2D eigenvalue weighted by molar-refractivity contribution is 7.90. The second-order valence-electron chi connectivity index (χ2n) is 4.77. The second-order valence-corrected chi connectivity index (χ2v) is 6.68. The van der Waals surface area contributed by atoms with E-state index in [0.717, 1.165) is 15.0 Å². The molecule has 1 saturated heterocycles. The zero-order valence-electron chi connectivity index (χ0n) is 11.3. The molecule has 1 N–H and O–H groups in total. The SMILES string of the molecule is CN(c1ccccc1)S(=O)(=O)N1CCCCC1C(=O)O. The first-order valence-corrected chi connectivity index (χ1v) is 7.88. The van der Waals surface area contributed by atoms with Crippen molar-refractivity contribution in [3.63, 3.8) is 0 Å². The van der Waals surface area contributed by atoms with E-state index in [1.165, 1.54) is 7.05 Å². The van der Waals surface area contributed by atoms with Crippen LogP contribution in [0.15, 0.2) is 30.3 Å². The number of hydrogen-bond donors (Lipinski definition) is 1. The quantitative estimate of drug-likeness (QED) is 0.909. The molecule has 1 atom stereocenters. The van der Waals surface area contributed by atoms with Crippen molar-refractivity contribution in [2.24, 2.45) is 0 Å². The predicted octanol–water partition coefficient (Wildman–Crippen LogP) is 1.31. The maximum atomic E-state index is 12.6. The van der Waals surface area contributed by atoms with Crippen LogP contribution in [0.1, 0.15) is 19.3 Å². The molecule has 1 aliphatic heterocycles. The number of aliphatic carboxylic acids is 1. The number of carboxylic acid groups (broad SMARTS) is 1. The fourth-order valence-electron chi connectivity index (χ4n) is 2.36. The fourth-order valence-corrected chi connectivity index (χ4v) is 3.94. The average Bonchev–Trinajstić information content (AvgIpc) is 2.47. The third-order valence-electron chi connectivity index (χ3n) is 3.50. The van der Waals surface area contributed by atoms with E-state index in [2.05, 4.69) is 0 Å². The second kappa shape index (κ2) is 5.80. The molecule has 1 aromatic rings. The van der Waals surface area contributed by atoms with Gasteiger partial charge in [-0.25, -0.2) is 0 Å². The van der Waals surface area contributed by atoms with Gasteiger partial charge in [-0.05, 0) is 31.4 Å². The van der Waals surface area contributed by atoms with E-state index in [-0.39, 0.29) is 6.54 Å². The molecular formula is C13H18N2O4S. The number of para-hydroxylation sites is 1. The molecule has 0 saturated carbocycles. The van der Waals surface area contributed by atoms with Crippen molar-refractivity contribution in [1.82, 2.24) is 4.31 Å². The van der Waals surface area contributed by atoms with Gasteiger partial charge in [0.25, 0.3) is 0 Å². The average molecular weight is 298 g/mol. The minimum atomic E-state index is -3.82. The molecule has 0 spiro atoms. The summed E-state index contributed by atoms with van der Waals surface area (Å²) in [5.41, 5.74) is 0.516. The minimum Gasteiger partial charge on any atom is -0.480 e. The first-order valence-electron chi connectivity index (χ1n) is 6.48. The Morgan fingerprint density at radius 3 is 2.55 bits per heavy atom. The molecule has 0 bridgehead atoms. The first-order chi connectivity index (χ1) is 9.44. The van der Waals surface area contributed by atoms with Gasteiger partial charge in [0.2, 0.25) is 0 Å². The van der Waals surface area contributed by atoms with E-state index in [4.69, 9.17) is 0 Å². The zero-order valence-corrected chi connectivity index (χ0v) is 12.1. The summed E-state index contributed by atoms with van der Waals surface area (Å²) in [4.78, 5) is 11.2. The highest BCUT2D eigenvalue weighted by atomic mass is 32.2. The Morgan fingerprint density at radius 2 is 1.95 bits per heavy atom. The van der Waals surface area contributed by atoms with Gasteiger partial charge in [-0.15, -0.1) is 0 Å². The smallest absolute Gasteiger partial charge is 0.322 e. The van der Waals surface area contributed by atoms with Crippen molar-refractivity contribution in [1.29, 1.82) is 0 Å². The lowest BCUT2D eigenvalue weighted by molar-refractivity contribution is -0.142. The lowest BCUT2D eigenvalue weighted by Gasteiger charge is -2.35. The van der Waals surface area contributed by atoms with Gasteiger partial charge >= 0.3 is 16.2 Å². The topological polar surface area (TPSA) is 77.9 Å². The standard InChI is InChI=1S/C13H18N2O4S/c1-14(11-7-3-2-4-8-11)20(18,19)15-10-6-5-9-12(15)13(16)17/h2-4,7-8,12H,5-6,9-10H2,1H3,(H,16,17). The predicted molar refractivity (Wildman–Crippen MR) is 75.7 cm³/mol. The van der Waals surface area contributed by atoms with Gasteiger partial charge in [-0.3, -0.25) is 9.10 Å². The summed E-state index contributed by atoms with van der Waals surface area (Å²) in [7, 11) is -2.38. The Kier molecular flexibility index (Phi) is 4.29. The van der Waals surface area contributed by atoms with Crippen molar-refractivity contribution in [3.05, 3.63) is 30.3 Å². The molecule has 0 aliphatic carbocycles. The van der Waals surface area contributed by atoms with Crippen LogP contribution >= 0.6 is 0 Å². The molecule has 2 rings (SSSR count). The van der Waals surface area contributed by atoms with E-state index >= 15 is 0 Å². The van der Waals surface area contributed by atoms with Crippen molar-refractivity contribution >= 4 is 21.9 Å². The minimum absolute atomic E-state index is 0.247.